The maximum atomic E-state index is 13.7. The highest BCUT2D eigenvalue weighted by atomic mass is 16.2. The minimum atomic E-state index is -0.327. The Hall–Kier alpha value is -3.44. The number of aromatic nitrogens is 1. The molecule has 0 bridgehead atoms. The van der Waals surface area contributed by atoms with Crippen molar-refractivity contribution in [1.82, 2.24) is 19.7 Å². The van der Waals surface area contributed by atoms with Crippen molar-refractivity contribution in [3.05, 3.63) is 59.8 Å². The summed E-state index contributed by atoms with van der Waals surface area (Å²) in [6, 6.07) is 16.0. The Labute approximate surface area is 219 Å². The Kier molecular flexibility index (Phi) is 6.91. The summed E-state index contributed by atoms with van der Waals surface area (Å²) >= 11 is 0. The second kappa shape index (κ2) is 10.1. The molecule has 194 valence electrons. The zero-order chi connectivity index (χ0) is 26.0. The van der Waals surface area contributed by atoms with Gasteiger partial charge in [-0.2, -0.15) is 5.26 Å². The largest absolute Gasteiger partial charge is 0.321 e. The minimum absolute atomic E-state index is 0.0410. The van der Waals surface area contributed by atoms with Crippen LogP contribution in [0.15, 0.2) is 48.7 Å². The second-order valence-corrected chi connectivity index (χ2v) is 11.1. The molecule has 0 radical (unpaired) electrons. The molecule has 2 heterocycles. The van der Waals surface area contributed by atoms with Gasteiger partial charge in [-0.1, -0.05) is 36.8 Å². The van der Waals surface area contributed by atoms with Crippen LogP contribution in [-0.2, 0) is 10.3 Å². The predicted octanol–water partition coefficient (Wildman–Crippen LogP) is 4.20. The summed E-state index contributed by atoms with van der Waals surface area (Å²) in [6.07, 6.45) is 8.82. The van der Waals surface area contributed by atoms with Gasteiger partial charge in [0.15, 0.2) is 5.82 Å². The number of hydrogen-bond acceptors (Lipinski definition) is 5. The Balaban J connectivity index is 1.35. The number of urea groups is 1. The smallest absolute Gasteiger partial charge is 0.317 e. The van der Waals surface area contributed by atoms with Gasteiger partial charge in [0, 0.05) is 24.8 Å². The van der Waals surface area contributed by atoms with Gasteiger partial charge < -0.3 is 15.1 Å². The zero-order valence-electron chi connectivity index (χ0n) is 21.8. The Morgan fingerprint density at radius 1 is 1.14 bits per heavy atom. The van der Waals surface area contributed by atoms with E-state index in [4.69, 9.17) is 0 Å². The molecule has 3 amide bonds. The molecule has 1 saturated heterocycles. The van der Waals surface area contributed by atoms with Crippen LogP contribution in [0.2, 0.25) is 0 Å². The highest BCUT2D eigenvalue weighted by Gasteiger charge is 2.55. The number of rotatable bonds is 7. The normalized spacial score (nSPS) is 25.8. The highest BCUT2D eigenvalue weighted by molar-refractivity contribution is 5.95. The molecule has 1 N–H and O–H groups in total. The summed E-state index contributed by atoms with van der Waals surface area (Å²) < 4.78 is 0. The molecule has 5 rings (SSSR count). The first-order valence-electron chi connectivity index (χ1n) is 13.3. The number of hydrogen-bond donors (Lipinski definition) is 1. The first-order valence-corrected chi connectivity index (χ1v) is 13.3. The van der Waals surface area contributed by atoms with Crippen LogP contribution >= 0.6 is 0 Å². The number of carbonyl (C=O) groups excluding carboxylic acids is 2. The molecule has 8 heteroatoms. The van der Waals surface area contributed by atoms with Crippen LogP contribution < -0.4 is 5.32 Å². The SMILES string of the molecule is CN(C)[C@]1(c2ccccc2)CC[C@]2(CC1)CN(CC(=O)Nc1ncccc1C#N)C(=O)N2CC1CCC1. The van der Waals surface area contributed by atoms with E-state index in [-0.39, 0.29) is 35.4 Å². The van der Waals surface area contributed by atoms with E-state index in [0.717, 1.165) is 32.2 Å². The van der Waals surface area contributed by atoms with Crippen molar-refractivity contribution >= 4 is 17.8 Å². The third-order valence-corrected chi connectivity index (χ3v) is 8.92. The molecule has 0 atom stereocenters. The van der Waals surface area contributed by atoms with Crippen LogP contribution in [0.4, 0.5) is 10.6 Å². The van der Waals surface area contributed by atoms with E-state index < -0.39 is 0 Å². The summed E-state index contributed by atoms with van der Waals surface area (Å²) in [5, 5.41) is 12.1. The summed E-state index contributed by atoms with van der Waals surface area (Å²) in [7, 11) is 4.31. The second-order valence-electron chi connectivity index (χ2n) is 11.1. The van der Waals surface area contributed by atoms with Gasteiger partial charge in [-0.15, -0.1) is 0 Å². The van der Waals surface area contributed by atoms with E-state index in [9.17, 15) is 14.9 Å². The van der Waals surface area contributed by atoms with Gasteiger partial charge in [-0.25, -0.2) is 9.78 Å². The number of pyridine rings is 1. The van der Waals surface area contributed by atoms with Crippen LogP contribution in [0, 0.1) is 17.2 Å². The third-order valence-electron chi connectivity index (χ3n) is 8.92. The van der Waals surface area contributed by atoms with Crippen LogP contribution in [0.3, 0.4) is 0 Å². The average Bonchev–Trinajstić information content (AvgIpc) is 3.12. The van der Waals surface area contributed by atoms with E-state index in [1.165, 1.54) is 24.8 Å². The van der Waals surface area contributed by atoms with Crippen molar-refractivity contribution in [2.75, 3.05) is 39.0 Å². The van der Waals surface area contributed by atoms with Gasteiger partial charge in [0.25, 0.3) is 0 Å². The van der Waals surface area contributed by atoms with E-state index in [1.54, 1.807) is 23.2 Å². The van der Waals surface area contributed by atoms with E-state index in [1.807, 2.05) is 0 Å². The predicted molar refractivity (Wildman–Crippen MR) is 142 cm³/mol. The fourth-order valence-electron chi connectivity index (χ4n) is 6.45. The van der Waals surface area contributed by atoms with E-state index >= 15 is 0 Å². The molecule has 2 aliphatic carbocycles. The third kappa shape index (κ3) is 4.69. The van der Waals surface area contributed by atoms with Gasteiger partial charge in [-0.05, 0) is 76.2 Å². The van der Waals surface area contributed by atoms with Crippen molar-refractivity contribution in [1.29, 1.82) is 5.26 Å². The molecule has 1 aliphatic heterocycles. The average molecular weight is 501 g/mol. The first kappa shape index (κ1) is 25.2. The lowest BCUT2D eigenvalue weighted by atomic mass is 9.68. The maximum absolute atomic E-state index is 13.7. The van der Waals surface area contributed by atoms with Crippen LogP contribution in [0.5, 0.6) is 0 Å². The van der Waals surface area contributed by atoms with Crippen molar-refractivity contribution in [3.63, 3.8) is 0 Å². The molecule has 2 saturated carbocycles. The van der Waals surface area contributed by atoms with Crippen molar-refractivity contribution < 1.29 is 9.59 Å². The lowest BCUT2D eigenvalue weighted by Gasteiger charge is -2.51. The maximum Gasteiger partial charge on any atom is 0.321 e. The molecule has 37 heavy (non-hydrogen) atoms. The fourth-order valence-corrected chi connectivity index (χ4v) is 6.45. The Morgan fingerprint density at radius 2 is 1.86 bits per heavy atom. The summed E-state index contributed by atoms with van der Waals surface area (Å²) in [6.45, 7) is 1.29. The lowest BCUT2D eigenvalue weighted by Crippen LogP contribution is -2.56. The van der Waals surface area contributed by atoms with Gasteiger partial charge in [0.2, 0.25) is 5.91 Å². The van der Waals surface area contributed by atoms with Gasteiger partial charge >= 0.3 is 6.03 Å². The lowest BCUT2D eigenvalue weighted by molar-refractivity contribution is -0.116. The van der Waals surface area contributed by atoms with Crippen LogP contribution in [0.25, 0.3) is 0 Å². The molecule has 0 unspecified atom stereocenters. The summed E-state index contributed by atoms with van der Waals surface area (Å²) in [4.78, 5) is 36.9. The van der Waals surface area contributed by atoms with Crippen molar-refractivity contribution in [2.24, 2.45) is 5.92 Å². The molecular weight excluding hydrogens is 464 g/mol. The number of nitriles is 1. The molecule has 1 aromatic heterocycles. The highest BCUT2D eigenvalue weighted by Crippen LogP contribution is 2.49. The van der Waals surface area contributed by atoms with Crippen LogP contribution in [-0.4, -0.2) is 70.9 Å². The minimum Gasteiger partial charge on any atom is -0.317 e. The Morgan fingerprint density at radius 3 is 2.49 bits per heavy atom. The molecule has 8 nitrogen and oxygen atoms in total. The van der Waals surface area contributed by atoms with Crippen molar-refractivity contribution in [3.8, 4) is 6.07 Å². The van der Waals surface area contributed by atoms with E-state index in [0.29, 0.717) is 18.0 Å². The number of amides is 3. The molecule has 3 aliphatic rings. The van der Waals surface area contributed by atoms with Gasteiger partial charge in [0.05, 0.1) is 11.1 Å². The Bertz CT molecular complexity index is 1180. The quantitative estimate of drug-likeness (QED) is 0.615. The fraction of sp³-hybridized carbons (Fsp3) is 0.517. The standard InChI is InChI=1S/C29H36N6O2/c1-33(2)29(24-11-4-3-5-12-24)15-13-28(14-16-29)21-34(27(37)35(28)19-22-8-6-9-22)20-25(36)32-26-23(18-30)10-7-17-31-26/h3-5,7,10-12,17,22H,6,8-9,13-16,19-21H2,1-2H3,(H,31,32,36)/t28-,29+. The zero-order valence-corrected chi connectivity index (χ0v) is 21.8. The molecule has 1 spiro atoms. The topological polar surface area (TPSA) is 92.6 Å². The number of nitrogens with zero attached hydrogens (tertiary/aromatic N) is 5. The monoisotopic (exact) mass is 500 g/mol. The van der Waals surface area contributed by atoms with Gasteiger partial charge in [0.1, 0.15) is 12.6 Å². The molecular formula is C29H36N6O2. The first-order chi connectivity index (χ1) is 17.9. The summed E-state index contributed by atoms with van der Waals surface area (Å²) in [5.74, 6) is 0.460. The van der Waals surface area contributed by atoms with Crippen molar-refractivity contribution in [2.45, 2.75) is 56.0 Å². The number of anilines is 1. The molecule has 1 aromatic carbocycles. The molecule has 3 fully saturated rings. The number of nitrogens with one attached hydrogen (secondary N) is 1. The molecule has 2 aromatic rings. The number of benzene rings is 1. The van der Waals surface area contributed by atoms with E-state index in [2.05, 4.69) is 70.6 Å². The van der Waals surface area contributed by atoms with Gasteiger partial charge in [-0.3, -0.25) is 9.69 Å². The summed E-state index contributed by atoms with van der Waals surface area (Å²) in [5.41, 5.74) is 1.31. The van der Waals surface area contributed by atoms with Crippen LogP contribution in [0.1, 0.15) is 56.1 Å². The number of carbonyl (C=O) groups is 2.